The summed E-state index contributed by atoms with van der Waals surface area (Å²) in [6, 6.07) is 17.6. The third-order valence-corrected chi connectivity index (χ3v) is 5.80. The van der Waals surface area contributed by atoms with Crippen LogP contribution in [-0.4, -0.2) is 22.6 Å². The highest BCUT2D eigenvalue weighted by Gasteiger charge is 2.11. The second-order valence-corrected chi connectivity index (χ2v) is 8.81. The molecule has 0 unspecified atom stereocenters. The SMILES string of the molecule is Cc1cc(C)c2oc(Cc3ccc(NC(=S)NC(=O)COc4cccc(C)c4C)cc3)nc2c1. The minimum absolute atomic E-state index is 0.117. The van der Waals surface area contributed by atoms with Crippen molar-refractivity contribution in [2.24, 2.45) is 0 Å². The van der Waals surface area contributed by atoms with Crippen LogP contribution in [0.2, 0.25) is 0 Å². The predicted octanol–water partition coefficient (Wildman–Crippen LogP) is 5.54. The van der Waals surface area contributed by atoms with Crippen LogP contribution in [0.1, 0.15) is 33.7 Å². The lowest BCUT2D eigenvalue weighted by molar-refractivity contribution is -0.121. The number of rotatable bonds is 6. The zero-order valence-electron chi connectivity index (χ0n) is 19.7. The Morgan fingerprint density at radius 1 is 1.03 bits per heavy atom. The number of benzene rings is 3. The maximum atomic E-state index is 12.2. The van der Waals surface area contributed by atoms with Crippen molar-refractivity contribution < 1.29 is 13.9 Å². The van der Waals surface area contributed by atoms with Crippen molar-refractivity contribution in [3.63, 3.8) is 0 Å². The first-order chi connectivity index (χ1) is 16.3. The van der Waals surface area contributed by atoms with Crippen LogP contribution in [0.5, 0.6) is 5.75 Å². The Morgan fingerprint density at radius 3 is 2.56 bits per heavy atom. The quantitative estimate of drug-likeness (QED) is 0.358. The van der Waals surface area contributed by atoms with Crippen LogP contribution < -0.4 is 15.4 Å². The number of thiocarbonyl (C=S) groups is 1. The first-order valence-corrected chi connectivity index (χ1v) is 11.4. The number of carbonyl (C=O) groups excluding carboxylic acids is 1. The first-order valence-electron chi connectivity index (χ1n) is 11.0. The number of amides is 1. The summed E-state index contributed by atoms with van der Waals surface area (Å²) in [5.41, 5.74) is 7.93. The lowest BCUT2D eigenvalue weighted by Crippen LogP contribution is -2.37. The van der Waals surface area contributed by atoms with Gasteiger partial charge in [-0.3, -0.25) is 10.1 Å². The number of anilines is 1. The summed E-state index contributed by atoms with van der Waals surface area (Å²) in [5.74, 6) is 1.04. The van der Waals surface area contributed by atoms with Gasteiger partial charge in [-0.15, -0.1) is 0 Å². The summed E-state index contributed by atoms with van der Waals surface area (Å²) in [5, 5.41) is 5.88. The van der Waals surface area contributed by atoms with Crippen LogP contribution in [-0.2, 0) is 11.2 Å². The standard InChI is InChI=1S/C27H27N3O3S/c1-16-12-18(3)26-22(13-16)29-25(33-26)14-20-8-10-21(11-9-20)28-27(34)30-24(31)15-32-23-7-5-6-17(2)19(23)4/h5-13H,14-15H2,1-4H3,(H2,28,30,31,34). The van der Waals surface area contributed by atoms with Crippen molar-refractivity contribution in [3.05, 3.63) is 88.3 Å². The van der Waals surface area contributed by atoms with E-state index in [0.717, 1.165) is 39.0 Å². The molecule has 6 nitrogen and oxygen atoms in total. The second kappa shape index (κ2) is 10.1. The van der Waals surface area contributed by atoms with E-state index >= 15 is 0 Å². The molecule has 0 fully saturated rings. The number of fused-ring (bicyclic) bond motifs is 1. The van der Waals surface area contributed by atoms with Gasteiger partial charge in [-0.05, 0) is 92.0 Å². The van der Waals surface area contributed by atoms with Crippen molar-refractivity contribution in [1.82, 2.24) is 10.3 Å². The average Bonchev–Trinajstić information content (AvgIpc) is 3.18. The lowest BCUT2D eigenvalue weighted by Gasteiger charge is -2.12. The number of hydrogen-bond donors (Lipinski definition) is 2. The molecule has 7 heteroatoms. The summed E-state index contributed by atoms with van der Waals surface area (Å²) < 4.78 is 11.6. The third kappa shape index (κ3) is 5.61. The van der Waals surface area contributed by atoms with E-state index in [9.17, 15) is 4.79 Å². The van der Waals surface area contributed by atoms with E-state index in [0.29, 0.717) is 18.1 Å². The molecule has 0 aliphatic heterocycles. The van der Waals surface area contributed by atoms with E-state index in [4.69, 9.17) is 21.4 Å². The van der Waals surface area contributed by atoms with Crippen LogP contribution in [0, 0.1) is 27.7 Å². The van der Waals surface area contributed by atoms with E-state index in [1.165, 1.54) is 5.56 Å². The Hall–Kier alpha value is -3.71. The van der Waals surface area contributed by atoms with E-state index in [2.05, 4.69) is 28.6 Å². The second-order valence-electron chi connectivity index (χ2n) is 8.40. The Morgan fingerprint density at radius 2 is 1.79 bits per heavy atom. The minimum Gasteiger partial charge on any atom is -0.483 e. The van der Waals surface area contributed by atoms with Gasteiger partial charge >= 0.3 is 0 Å². The molecular weight excluding hydrogens is 446 g/mol. The number of ether oxygens (including phenoxy) is 1. The van der Waals surface area contributed by atoms with Crippen molar-refractivity contribution in [2.75, 3.05) is 11.9 Å². The maximum absolute atomic E-state index is 12.2. The highest BCUT2D eigenvalue weighted by molar-refractivity contribution is 7.80. The minimum atomic E-state index is -0.323. The van der Waals surface area contributed by atoms with E-state index in [1.54, 1.807) is 0 Å². The van der Waals surface area contributed by atoms with Gasteiger partial charge < -0.3 is 14.5 Å². The number of nitrogens with zero attached hydrogens (tertiary/aromatic N) is 1. The molecule has 1 heterocycles. The molecule has 1 amide bonds. The van der Waals surface area contributed by atoms with E-state index in [1.807, 2.05) is 69.3 Å². The largest absolute Gasteiger partial charge is 0.483 e. The molecule has 174 valence electrons. The van der Waals surface area contributed by atoms with Gasteiger partial charge in [0.25, 0.3) is 5.91 Å². The summed E-state index contributed by atoms with van der Waals surface area (Å²) in [4.78, 5) is 16.8. The molecule has 1 aromatic heterocycles. The van der Waals surface area contributed by atoms with Gasteiger partial charge in [0.2, 0.25) is 0 Å². The third-order valence-electron chi connectivity index (χ3n) is 5.60. The maximum Gasteiger partial charge on any atom is 0.264 e. The molecule has 0 spiro atoms. The zero-order valence-corrected chi connectivity index (χ0v) is 20.5. The first kappa shape index (κ1) is 23.4. The van der Waals surface area contributed by atoms with Crippen molar-refractivity contribution in [2.45, 2.75) is 34.1 Å². The highest BCUT2D eigenvalue weighted by Crippen LogP contribution is 2.23. The lowest BCUT2D eigenvalue weighted by atomic mass is 10.1. The number of nitrogens with one attached hydrogen (secondary N) is 2. The van der Waals surface area contributed by atoms with Crippen molar-refractivity contribution >= 4 is 40.0 Å². The Kier molecular flexibility index (Phi) is 6.93. The van der Waals surface area contributed by atoms with Gasteiger partial charge in [0.15, 0.2) is 23.2 Å². The zero-order chi connectivity index (χ0) is 24.2. The number of aryl methyl sites for hydroxylation is 3. The molecular formula is C27H27N3O3S. The summed E-state index contributed by atoms with van der Waals surface area (Å²) >= 11 is 5.26. The van der Waals surface area contributed by atoms with Crippen LogP contribution >= 0.6 is 12.2 Å². The van der Waals surface area contributed by atoms with Crippen LogP contribution in [0.4, 0.5) is 5.69 Å². The molecule has 0 saturated heterocycles. The van der Waals surface area contributed by atoms with Crippen molar-refractivity contribution in [3.8, 4) is 5.75 Å². The van der Waals surface area contributed by atoms with Crippen LogP contribution in [0.3, 0.4) is 0 Å². The predicted molar refractivity (Wildman–Crippen MR) is 139 cm³/mol. The van der Waals surface area contributed by atoms with Gasteiger partial charge in [-0.2, -0.15) is 0 Å². The normalized spacial score (nSPS) is 10.8. The van der Waals surface area contributed by atoms with E-state index < -0.39 is 0 Å². The van der Waals surface area contributed by atoms with Gasteiger partial charge in [0.1, 0.15) is 11.3 Å². The summed E-state index contributed by atoms with van der Waals surface area (Å²) in [6.45, 7) is 7.93. The number of oxazole rings is 1. The van der Waals surface area contributed by atoms with Gasteiger partial charge in [0.05, 0.1) is 0 Å². The molecule has 2 N–H and O–H groups in total. The summed E-state index contributed by atoms with van der Waals surface area (Å²) in [6.07, 6.45) is 0.588. The molecule has 4 rings (SSSR count). The molecule has 34 heavy (non-hydrogen) atoms. The molecule has 0 aliphatic carbocycles. The molecule has 0 saturated carbocycles. The fraction of sp³-hybridized carbons (Fsp3) is 0.222. The van der Waals surface area contributed by atoms with Crippen LogP contribution in [0.25, 0.3) is 11.1 Å². The number of carbonyl (C=O) groups is 1. The highest BCUT2D eigenvalue weighted by atomic mass is 32.1. The Balaban J connectivity index is 1.30. The molecule has 0 radical (unpaired) electrons. The Bertz CT molecular complexity index is 1360. The Labute approximate surface area is 204 Å². The van der Waals surface area contributed by atoms with Gasteiger partial charge in [-0.1, -0.05) is 30.3 Å². The topological polar surface area (TPSA) is 76.4 Å². The number of hydrogen-bond acceptors (Lipinski definition) is 5. The fourth-order valence-electron chi connectivity index (χ4n) is 3.73. The molecule has 4 aromatic rings. The monoisotopic (exact) mass is 473 g/mol. The average molecular weight is 474 g/mol. The molecule has 0 aliphatic rings. The van der Waals surface area contributed by atoms with Crippen molar-refractivity contribution in [1.29, 1.82) is 0 Å². The summed E-state index contributed by atoms with van der Waals surface area (Å²) in [7, 11) is 0. The molecule has 0 atom stereocenters. The smallest absolute Gasteiger partial charge is 0.264 e. The van der Waals surface area contributed by atoms with Crippen LogP contribution in [0.15, 0.2) is 59.0 Å². The van der Waals surface area contributed by atoms with Gasteiger partial charge in [-0.25, -0.2) is 4.98 Å². The molecule has 3 aromatic carbocycles. The fourth-order valence-corrected chi connectivity index (χ4v) is 3.96. The van der Waals surface area contributed by atoms with E-state index in [-0.39, 0.29) is 17.6 Å². The molecule has 0 bridgehead atoms. The van der Waals surface area contributed by atoms with Gasteiger partial charge in [0, 0.05) is 12.1 Å². The number of aromatic nitrogens is 1.